The van der Waals surface area contributed by atoms with Crippen molar-refractivity contribution in [2.45, 2.75) is 82.8 Å². The van der Waals surface area contributed by atoms with Gasteiger partial charge in [-0.25, -0.2) is 58.6 Å². The maximum absolute atomic E-state index is 14.4. The number of rotatable bonds is 48. The van der Waals surface area contributed by atoms with Crippen molar-refractivity contribution in [3.8, 4) is 11.1 Å². The molecule has 1 aliphatic carbocycles. The largest absolute Gasteiger partial charge is 0.449 e. The van der Waals surface area contributed by atoms with Crippen LogP contribution in [-0.4, -0.2) is 255 Å². The van der Waals surface area contributed by atoms with Crippen molar-refractivity contribution in [3.63, 3.8) is 0 Å². The number of hydrogen-bond acceptors (Lipinski definition) is 20. The number of amides is 7. The van der Waals surface area contributed by atoms with Gasteiger partial charge in [0, 0.05) is 158 Å². The van der Waals surface area contributed by atoms with Crippen LogP contribution in [0.25, 0.3) is 11.1 Å². The Morgan fingerprint density at radius 3 is 0.962 bits per heavy atom. The SMILES string of the molecule is CN1Cc2c(Cl)cc(Cl)cc2[C@H](c2cccc(S(=O)(=O)NCCOCCOCCNC(=O)NCCC(CCNC(=O)NCCOCCOCCNS(=O)(=O)c3cccc([C@@H]4CN(C)Cc5c(Cl)cc(Cl)cc54)c3)(CCNC(=O)NCCOCCOCCNS(=O)(=O)c3cccc([C@@H]4CN(C)Cc5c(Cl)cc(Cl)cc54)c3)NC(=O)OCC3c4ccccc4-c4ccccc43)c2)C1. The molecule has 8 aromatic rings. The van der Waals surface area contributed by atoms with Crippen LogP contribution in [0.3, 0.4) is 0 Å². The maximum Gasteiger partial charge on any atom is 0.407 e. The van der Waals surface area contributed by atoms with Crippen LogP contribution in [0, 0.1) is 0 Å². The van der Waals surface area contributed by atoms with E-state index in [9.17, 15) is 44.4 Å². The molecule has 3 atom stereocenters. The lowest BCUT2D eigenvalue weighted by atomic mass is 9.85. The Labute approximate surface area is 790 Å². The Hall–Kier alpha value is -8.05. The highest BCUT2D eigenvalue weighted by Gasteiger charge is 2.37. The normalized spacial score (nSPS) is 15.9. The van der Waals surface area contributed by atoms with Crippen LogP contribution < -0.4 is 51.4 Å². The molecule has 702 valence electrons. The van der Waals surface area contributed by atoms with E-state index < -0.39 is 59.8 Å². The number of hydrogen-bond donors (Lipinski definition) is 10. The predicted molar refractivity (Wildman–Crippen MR) is 503 cm³/mol. The van der Waals surface area contributed by atoms with Gasteiger partial charge in [-0.1, -0.05) is 155 Å². The number of carbonyl (C=O) groups is 4. The zero-order valence-corrected chi connectivity index (χ0v) is 79.5. The van der Waals surface area contributed by atoms with Gasteiger partial charge in [0.05, 0.1) is 94.0 Å². The summed E-state index contributed by atoms with van der Waals surface area (Å²) in [5.74, 6) is -0.763. The van der Waals surface area contributed by atoms with Crippen molar-refractivity contribution in [3.05, 3.63) is 249 Å². The second-order valence-corrected chi connectivity index (χ2v) is 40.1. The van der Waals surface area contributed by atoms with Crippen LogP contribution in [0.15, 0.2) is 172 Å². The third-order valence-corrected chi connectivity index (χ3v) is 28.9. The second kappa shape index (κ2) is 48.7. The van der Waals surface area contributed by atoms with E-state index in [4.69, 9.17) is 103 Å². The number of halogens is 6. The van der Waals surface area contributed by atoms with E-state index in [1.54, 1.807) is 54.6 Å². The van der Waals surface area contributed by atoms with Crippen molar-refractivity contribution in [2.24, 2.45) is 0 Å². The van der Waals surface area contributed by atoms with Gasteiger partial charge in [0.25, 0.3) is 0 Å². The minimum Gasteiger partial charge on any atom is -0.449 e. The van der Waals surface area contributed by atoms with Crippen LogP contribution in [0.1, 0.15) is 104 Å². The molecule has 10 N–H and O–H groups in total. The van der Waals surface area contributed by atoms with Crippen LogP contribution in [0.2, 0.25) is 30.1 Å². The molecule has 7 amide bonds. The average molecular weight is 1970 g/mol. The van der Waals surface area contributed by atoms with E-state index in [0.29, 0.717) is 69.4 Å². The van der Waals surface area contributed by atoms with Crippen molar-refractivity contribution < 1.29 is 77.6 Å². The molecular formula is C91H111Cl6N13O17S3. The summed E-state index contributed by atoms with van der Waals surface area (Å²) < 4.78 is 129. The van der Waals surface area contributed by atoms with Crippen molar-refractivity contribution >= 4 is 124 Å². The first-order valence-corrected chi connectivity index (χ1v) is 49.7. The Morgan fingerprint density at radius 1 is 0.354 bits per heavy atom. The highest BCUT2D eigenvalue weighted by Crippen LogP contribution is 2.46. The molecule has 0 radical (unpaired) electrons. The molecule has 12 rings (SSSR count). The fourth-order valence-electron chi connectivity index (χ4n) is 16.6. The topological polar surface area (TPSA) is 365 Å². The van der Waals surface area contributed by atoms with Gasteiger partial charge in [-0.3, -0.25) is 0 Å². The number of carbonyl (C=O) groups excluding carboxylic acids is 4. The summed E-state index contributed by atoms with van der Waals surface area (Å²) in [7, 11) is -5.80. The fourth-order valence-corrected chi connectivity index (χ4v) is 21.5. The molecule has 0 saturated carbocycles. The molecule has 8 aromatic carbocycles. The molecule has 0 fully saturated rings. The van der Waals surface area contributed by atoms with Crippen molar-refractivity contribution in [1.82, 2.24) is 66.1 Å². The van der Waals surface area contributed by atoms with Gasteiger partial charge >= 0.3 is 24.2 Å². The molecule has 4 aliphatic rings. The lowest BCUT2D eigenvalue weighted by Crippen LogP contribution is -2.55. The van der Waals surface area contributed by atoms with E-state index in [0.717, 1.165) is 72.3 Å². The molecule has 3 aliphatic heterocycles. The average Bonchev–Trinajstić information content (AvgIpc) is 1.64. The quantitative estimate of drug-likeness (QED) is 0.0158. The van der Waals surface area contributed by atoms with Crippen molar-refractivity contribution in [2.75, 3.05) is 186 Å². The van der Waals surface area contributed by atoms with E-state index in [-0.39, 0.29) is 202 Å². The highest BCUT2D eigenvalue weighted by molar-refractivity contribution is 7.90. The maximum atomic E-state index is 14.4. The van der Waals surface area contributed by atoms with Gasteiger partial charge in [-0.15, -0.1) is 0 Å². The molecule has 39 heteroatoms. The zero-order chi connectivity index (χ0) is 92.4. The molecule has 130 heavy (non-hydrogen) atoms. The Kier molecular flexibility index (Phi) is 37.8. The molecular weight excluding hydrogens is 1860 g/mol. The van der Waals surface area contributed by atoms with Gasteiger partial charge in [0.15, 0.2) is 0 Å². The van der Waals surface area contributed by atoms with E-state index in [1.165, 1.54) is 18.2 Å². The number of urea groups is 3. The van der Waals surface area contributed by atoms with E-state index >= 15 is 0 Å². The molecule has 30 nitrogen and oxygen atoms in total. The van der Waals surface area contributed by atoms with Crippen molar-refractivity contribution in [1.29, 1.82) is 0 Å². The first kappa shape index (κ1) is 101. The summed E-state index contributed by atoms with van der Waals surface area (Å²) in [6.45, 7) is 5.28. The Morgan fingerprint density at radius 2 is 0.646 bits per heavy atom. The lowest BCUT2D eigenvalue weighted by Gasteiger charge is -2.35. The Balaban J connectivity index is 0.600. The number of nitrogens with zero attached hydrogens (tertiary/aromatic N) is 3. The van der Waals surface area contributed by atoms with Gasteiger partial charge in [0.2, 0.25) is 30.1 Å². The van der Waals surface area contributed by atoms with Crippen LogP contribution >= 0.6 is 69.6 Å². The monoisotopic (exact) mass is 1960 g/mol. The van der Waals surface area contributed by atoms with Gasteiger partial charge in [0.1, 0.15) is 6.61 Å². The van der Waals surface area contributed by atoms with E-state index in [1.807, 2.05) is 106 Å². The van der Waals surface area contributed by atoms with E-state index in [2.05, 4.69) is 66.1 Å². The van der Waals surface area contributed by atoms with Gasteiger partial charge < -0.3 is 85.1 Å². The minimum atomic E-state index is -3.91. The molecule has 0 unspecified atom stereocenters. The number of fused-ring (bicyclic) bond motifs is 6. The number of nitrogens with one attached hydrogen (secondary N) is 10. The Bertz CT molecular complexity index is 5100. The smallest absolute Gasteiger partial charge is 0.407 e. The summed E-state index contributed by atoms with van der Waals surface area (Å²) in [5.41, 5.74) is 10.9. The highest BCUT2D eigenvalue weighted by atomic mass is 35.5. The summed E-state index contributed by atoms with van der Waals surface area (Å²) in [6.07, 6.45) is -0.579. The molecule has 0 aromatic heterocycles. The molecule has 0 spiro atoms. The summed E-state index contributed by atoms with van der Waals surface area (Å²) >= 11 is 39.1. The third kappa shape index (κ3) is 28.8. The first-order chi connectivity index (χ1) is 62.5. The van der Waals surface area contributed by atoms with Crippen LogP contribution in [0.4, 0.5) is 19.2 Å². The van der Waals surface area contributed by atoms with Gasteiger partial charge in [-0.05, 0) is 186 Å². The molecule has 0 saturated heterocycles. The lowest BCUT2D eigenvalue weighted by molar-refractivity contribution is 0.0516. The summed E-state index contributed by atoms with van der Waals surface area (Å²) in [5, 5.41) is 23.2. The number of benzene rings is 8. The third-order valence-electron chi connectivity index (χ3n) is 22.9. The standard InChI is InChI=1S/C91H111Cl6N13O17S3/c1-108-54-77(74-48-64(92)51-84(95)80(74)57-108)61-11-8-14-67(45-61)128(115,116)104-30-36-124-42-39-121-33-27-101-87(111)98-24-21-91(107-90(114)127-60-83-72-19-6-4-17-70(72)71-18-5-7-20-73(71)83,22-25-99-88(112)102-28-34-122-40-43-125-37-31-105-129(117,118)68-15-9-12-62(46-68)78-55-109(2)58-81-75(78)49-65(93)52-85(81)96)23-26-100-89(113)103-29-35-123-41-44-126-38-32-106-130(119,120)69-16-10-13-63(47-69)79-56-110(3)59-82-76(79)50-66(94)53-86(82)97/h4-20,45-53,77-79,83,104-106H,21-44,54-60H2,1-3H3,(H,107,114)(H2,98,101,111)(H2,99,102,112)(H2,100,103,113)/t77-,78-,79-/m0/s1. The fraction of sp³-hybridized carbons (Fsp3) is 0.429. The van der Waals surface area contributed by atoms with Gasteiger partial charge in [-0.2, -0.15) is 0 Å². The summed E-state index contributed by atoms with van der Waals surface area (Å²) in [4.78, 5) is 61.6. The zero-order valence-electron chi connectivity index (χ0n) is 72.5. The minimum absolute atomic E-state index is 0.00619. The molecule has 3 heterocycles. The first-order valence-electron chi connectivity index (χ1n) is 42.9. The predicted octanol–water partition coefficient (Wildman–Crippen LogP) is 12.0. The summed E-state index contributed by atoms with van der Waals surface area (Å²) in [6, 6.07) is 45.4. The second-order valence-electron chi connectivity index (χ2n) is 32.2. The molecule has 0 bridgehead atoms. The van der Waals surface area contributed by atoms with Crippen LogP contribution in [0.5, 0.6) is 0 Å². The number of sulfonamides is 3. The number of likely N-dealkylation sites (N-methyl/N-ethyl adjacent to an activating group) is 3. The van der Waals surface area contributed by atoms with Crippen LogP contribution in [-0.2, 0) is 82.9 Å². The number of ether oxygens (including phenoxy) is 7. The number of alkyl carbamates (subject to hydrolysis) is 1.